The maximum Gasteiger partial charge on any atom is 0.276 e. The highest BCUT2D eigenvalue weighted by molar-refractivity contribution is 6.05. The van der Waals surface area contributed by atoms with Crippen molar-refractivity contribution >= 4 is 23.6 Å². The number of aromatic amines is 1. The second kappa shape index (κ2) is 8.68. The molecule has 2 unspecified atom stereocenters. The zero-order valence-electron chi connectivity index (χ0n) is 19.2. The largest absolute Gasteiger partial charge is 0.334 e. The van der Waals surface area contributed by atoms with E-state index in [4.69, 9.17) is 0 Å². The minimum Gasteiger partial charge on any atom is -0.334 e. The van der Waals surface area contributed by atoms with Gasteiger partial charge in [0.1, 0.15) is 6.04 Å². The van der Waals surface area contributed by atoms with E-state index in [1.54, 1.807) is 35.5 Å². The molecule has 3 N–H and O–H groups in total. The topological polar surface area (TPSA) is 158 Å². The van der Waals surface area contributed by atoms with Gasteiger partial charge in [0.25, 0.3) is 11.8 Å². The number of rotatable bonds is 4. The third-order valence-corrected chi connectivity index (χ3v) is 6.84. The number of hydrogen-bond acceptors (Lipinski definition) is 8. The van der Waals surface area contributed by atoms with E-state index in [2.05, 4.69) is 31.1 Å². The van der Waals surface area contributed by atoms with Gasteiger partial charge in [0, 0.05) is 44.4 Å². The average Bonchev–Trinajstić information content (AvgIpc) is 3.65. The van der Waals surface area contributed by atoms with Crippen LogP contribution in [0.5, 0.6) is 0 Å². The summed E-state index contributed by atoms with van der Waals surface area (Å²) in [5, 5.41) is 20.8. The predicted molar refractivity (Wildman–Crippen MR) is 123 cm³/mol. The van der Waals surface area contributed by atoms with Crippen molar-refractivity contribution in [1.29, 1.82) is 0 Å². The normalized spacial score (nSPS) is 22.1. The van der Waals surface area contributed by atoms with Crippen LogP contribution in [0.1, 0.15) is 51.0 Å². The van der Waals surface area contributed by atoms with Crippen LogP contribution < -0.4 is 10.6 Å². The number of nitrogens with zero attached hydrogens (tertiary/aromatic N) is 6. The molecule has 6 rings (SSSR count). The lowest BCUT2D eigenvalue weighted by atomic mass is 10.0. The smallest absolute Gasteiger partial charge is 0.276 e. The summed E-state index contributed by atoms with van der Waals surface area (Å²) in [6, 6.07) is 6.39. The Kier molecular flexibility index (Phi) is 5.33. The molecule has 2 saturated heterocycles. The summed E-state index contributed by atoms with van der Waals surface area (Å²) in [6.07, 6.45) is 3.76. The van der Waals surface area contributed by atoms with Crippen molar-refractivity contribution in [1.82, 2.24) is 45.6 Å². The number of piperazine rings is 1. The molecule has 13 heteroatoms. The maximum atomic E-state index is 13.1. The highest BCUT2D eigenvalue weighted by atomic mass is 16.2. The number of fused-ring (bicyclic) bond motifs is 1. The predicted octanol–water partition coefficient (Wildman–Crippen LogP) is -0.462. The summed E-state index contributed by atoms with van der Waals surface area (Å²) in [6.45, 7) is 1.93. The molecule has 2 fully saturated rings. The van der Waals surface area contributed by atoms with Crippen LogP contribution >= 0.6 is 0 Å². The number of H-pyrrole nitrogens is 1. The Morgan fingerprint density at radius 1 is 1.14 bits per heavy atom. The van der Waals surface area contributed by atoms with Crippen molar-refractivity contribution in [2.75, 3.05) is 19.6 Å². The third kappa shape index (κ3) is 3.82. The zero-order valence-corrected chi connectivity index (χ0v) is 19.2. The van der Waals surface area contributed by atoms with E-state index in [9.17, 15) is 19.2 Å². The van der Waals surface area contributed by atoms with Crippen LogP contribution in [0.2, 0.25) is 0 Å². The Bertz CT molecular complexity index is 1370. The van der Waals surface area contributed by atoms with Crippen molar-refractivity contribution in [2.24, 2.45) is 0 Å². The molecule has 3 aromatic rings. The number of benzene rings is 1. The molecule has 0 aliphatic carbocycles. The first kappa shape index (κ1) is 22.1. The number of imide groups is 1. The van der Waals surface area contributed by atoms with E-state index >= 15 is 0 Å². The first-order valence-electron chi connectivity index (χ1n) is 11.7. The van der Waals surface area contributed by atoms with Gasteiger partial charge in [-0.2, -0.15) is 5.10 Å². The second-order valence-electron chi connectivity index (χ2n) is 9.06. The summed E-state index contributed by atoms with van der Waals surface area (Å²) < 4.78 is 1.50. The van der Waals surface area contributed by atoms with Crippen LogP contribution in [-0.4, -0.2) is 84.3 Å². The van der Waals surface area contributed by atoms with Gasteiger partial charge in [-0.15, -0.1) is 5.10 Å². The first-order chi connectivity index (χ1) is 17.5. The van der Waals surface area contributed by atoms with E-state index < -0.39 is 11.9 Å². The van der Waals surface area contributed by atoms with Gasteiger partial charge < -0.3 is 15.1 Å². The molecule has 3 aliphatic heterocycles. The molecule has 36 heavy (non-hydrogen) atoms. The summed E-state index contributed by atoms with van der Waals surface area (Å²) in [4.78, 5) is 53.0. The van der Waals surface area contributed by atoms with E-state index in [1.165, 1.54) is 9.58 Å². The molecule has 0 bridgehead atoms. The molecule has 0 saturated carbocycles. The standard InChI is InChI=1S/C23H23N9O4/c33-20-4-3-19(21(34)26-20)31-10-13-9-14(1-2-15(13)22(31)35)32-12-18(28-29-32)23(36)30-8-7-24-17(11-30)16-5-6-25-27-16/h1-2,5-6,9,12,17,19,24H,3-4,7-8,10-11H2,(H,25,27)(H,26,33,34). The Morgan fingerprint density at radius 3 is 2.83 bits per heavy atom. The van der Waals surface area contributed by atoms with Gasteiger partial charge in [0.15, 0.2) is 5.69 Å². The van der Waals surface area contributed by atoms with Crippen LogP contribution in [0.15, 0.2) is 36.7 Å². The fourth-order valence-corrected chi connectivity index (χ4v) is 4.96. The number of nitrogens with one attached hydrogen (secondary N) is 3. The minimum atomic E-state index is -0.675. The Hall–Kier alpha value is -4.39. The molecule has 3 aliphatic rings. The van der Waals surface area contributed by atoms with Crippen LogP contribution in [0.25, 0.3) is 5.69 Å². The van der Waals surface area contributed by atoms with Gasteiger partial charge in [-0.1, -0.05) is 5.21 Å². The fourth-order valence-electron chi connectivity index (χ4n) is 4.96. The molecule has 0 spiro atoms. The Labute approximate surface area is 204 Å². The number of carbonyl (C=O) groups is 4. The van der Waals surface area contributed by atoms with Crippen molar-refractivity contribution in [3.8, 4) is 5.69 Å². The SMILES string of the molecule is O=C1CCC(N2Cc3cc(-n4cc(C(=O)N5CCNC(c6ccn[nH]6)C5)nn4)ccc3C2=O)C(=O)N1. The summed E-state index contributed by atoms with van der Waals surface area (Å²) in [7, 11) is 0. The molecule has 2 aromatic heterocycles. The quantitative estimate of drug-likeness (QED) is 0.415. The van der Waals surface area contributed by atoms with Crippen molar-refractivity contribution < 1.29 is 19.2 Å². The number of piperidine rings is 1. The zero-order chi connectivity index (χ0) is 24.8. The molecule has 1 aromatic carbocycles. The number of carbonyl (C=O) groups excluding carboxylic acids is 4. The second-order valence-corrected chi connectivity index (χ2v) is 9.06. The van der Waals surface area contributed by atoms with Crippen LogP contribution in [-0.2, 0) is 16.1 Å². The Balaban J connectivity index is 1.18. The van der Waals surface area contributed by atoms with Gasteiger partial charge in [-0.3, -0.25) is 29.6 Å². The maximum absolute atomic E-state index is 13.1. The first-order valence-corrected chi connectivity index (χ1v) is 11.7. The fraction of sp³-hybridized carbons (Fsp3) is 0.348. The molecule has 2 atom stereocenters. The molecule has 4 amide bonds. The van der Waals surface area contributed by atoms with E-state index in [0.29, 0.717) is 37.3 Å². The van der Waals surface area contributed by atoms with Crippen molar-refractivity contribution in [3.63, 3.8) is 0 Å². The molecule has 184 valence electrons. The summed E-state index contributed by atoms with van der Waals surface area (Å²) in [5.41, 5.74) is 3.03. The summed E-state index contributed by atoms with van der Waals surface area (Å²) in [5.74, 6) is -1.23. The third-order valence-electron chi connectivity index (χ3n) is 6.84. The lowest BCUT2D eigenvalue weighted by Crippen LogP contribution is -2.52. The molecule has 5 heterocycles. The van der Waals surface area contributed by atoms with Crippen LogP contribution in [0.3, 0.4) is 0 Å². The highest BCUT2D eigenvalue weighted by Gasteiger charge is 2.39. The number of hydrogen-bond donors (Lipinski definition) is 3. The van der Waals surface area contributed by atoms with Crippen LogP contribution in [0, 0.1) is 0 Å². The van der Waals surface area contributed by atoms with Gasteiger partial charge in [0.05, 0.1) is 23.6 Å². The number of amides is 4. The Morgan fingerprint density at radius 2 is 2.03 bits per heavy atom. The average molecular weight is 489 g/mol. The van der Waals surface area contributed by atoms with Gasteiger partial charge >= 0.3 is 0 Å². The van der Waals surface area contributed by atoms with E-state index in [1.807, 2.05) is 6.07 Å². The van der Waals surface area contributed by atoms with Gasteiger partial charge in [0.2, 0.25) is 11.8 Å². The van der Waals surface area contributed by atoms with Crippen molar-refractivity contribution in [3.05, 3.63) is 59.2 Å². The van der Waals surface area contributed by atoms with Gasteiger partial charge in [-0.05, 0) is 36.2 Å². The van der Waals surface area contributed by atoms with Gasteiger partial charge in [-0.25, -0.2) is 4.68 Å². The minimum absolute atomic E-state index is 0.0400. The molecular formula is C23H23N9O4. The van der Waals surface area contributed by atoms with Crippen LogP contribution in [0.4, 0.5) is 0 Å². The monoisotopic (exact) mass is 489 g/mol. The van der Waals surface area contributed by atoms with E-state index in [0.717, 1.165) is 11.3 Å². The van der Waals surface area contributed by atoms with E-state index in [-0.39, 0.29) is 42.4 Å². The lowest BCUT2D eigenvalue weighted by Gasteiger charge is -2.32. The molecule has 0 radical (unpaired) electrons. The molecular weight excluding hydrogens is 466 g/mol. The van der Waals surface area contributed by atoms with Crippen molar-refractivity contribution in [2.45, 2.75) is 31.5 Å². The number of aromatic nitrogens is 5. The summed E-state index contributed by atoms with van der Waals surface area (Å²) >= 11 is 0. The highest BCUT2D eigenvalue weighted by Crippen LogP contribution is 2.29. The molecule has 13 nitrogen and oxygen atoms in total. The lowest BCUT2D eigenvalue weighted by molar-refractivity contribution is -0.136.